The number of hydrogen-bond acceptors (Lipinski definition) is 4. The molecule has 0 unspecified atom stereocenters. The van der Waals surface area contributed by atoms with E-state index < -0.39 is 6.36 Å². The molecule has 0 aliphatic heterocycles. The minimum absolute atomic E-state index is 0.275. The molecular formula is C16H12F3N3O2. The van der Waals surface area contributed by atoms with Gasteiger partial charge in [0.05, 0.1) is 30.9 Å². The standard InChI is InChI=1S/C16H12F3N3O2/c1-23-15-7-4-12(10-20-15)22-14(8-9-21-22)11-2-5-13(6-3-11)24-16(17,18)19/h2-10H,1H3. The van der Waals surface area contributed by atoms with Crippen LogP contribution in [0.5, 0.6) is 11.6 Å². The van der Waals surface area contributed by atoms with Crippen LogP contribution in [0.3, 0.4) is 0 Å². The van der Waals surface area contributed by atoms with Crippen LogP contribution in [-0.2, 0) is 0 Å². The van der Waals surface area contributed by atoms with Crippen LogP contribution in [0.4, 0.5) is 13.2 Å². The van der Waals surface area contributed by atoms with Gasteiger partial charge < -0.3 is 9.47 Å². The lowest BCUT2D eigenvalue weighted by atomic mass is 10.1. The number of ether oxygens (including phenoxy) is 2. The Bertz CT molecular complexity index is 812. The van der Waals surface area contributed by atoms with Crippen molar-refractivity contribution < 1.29 is 22.6 Å². The fourth-order valence-corrected chi connectivity index (χ4v) is 2.17. The van der Waals surface area contributed by atoms with Gasteiger partial charge in [-0.05, 0) is 36.4 Å². The second-order valence-electron chi connectivity index (χ2n) is 4.76. The summed E-state index contributed by atoms with van der Waals surface area (Å²) in [4.78, 5) is 4.11. The first-order valence-corrected chi connectivity index (χ1v) is 6.87. The molecular weight excluding hydrogens is 323 g/mol. The van der Waals surface area contributed by atoms with Gasteiger partial charge in [0.15, 0.2) is 0 Å². The topological polar surface area (TPSA) is 49.2 Å². The Morgan fingerprint density at radius 3 is 2.33 bits per heavy atom. The molecule has 24 heavy (non-hydrogen) atoms. The highest BCUT2D eigenvalue weighted by atomic mass is 19.4. The van der Waals surface area contributed by atoms with E-state index >= 15 is 0 Å². The fourth-order valence-electron chi connectivity index (χ4n) is 2.17. The zero-order valence-corrected chi connectivity index (χ0v) is 12.5. The number of pyridine rings is 1. The summed E-state index contributed by atoms with van der Waals surface area (Å²) in [5, 5.41) is 4.22. The second-order valence-corrected chi connectivity index (χ2v) is 4.76. The Morgan fingerprint density at radius 2 is 1.75 bits per heavy atom. The van der Waals surface area contributed by atoms with Crippen molar-refractivity contribution >= 4 is 0 Å². The van der Waals surface area contributed by atoms with Gasteiger partial charge in [-0.2, -0.15) is 5.10 Å². The molecule has 2 heterocycles. The summed E-state index contributed by atoms with van der Waals surface area (Å²) >= 11 is 0. The first kappa shape index (κ1) is 15.9. The molecule has 1 aromatic carbocycles. The molecule has 2 aromatic heterocycles. The van der Waals surface area contributed by atoms with Crippen molar-refractivity contribution in [3.05, 3.63) is 54.9 Å². The van der Waals surface area contributed by atoms with E-state index in [1.807, 2.05) is 0 Å². The van der Waals surface area contributed by atoms with E-state index in [9.17, 15) is 13.2 Å². The van der Waals surface area contributed by atoms with Gasteiger partial charge in [0.1, 0.15) is 5.75 Å². The lowest BCUT2D eigenvalue weighted by molar-refractivity contribution is -0.274. The lowest BCUT2D eigenvalue weighted by Gasteiger charge is -2.10. The summed E-state index contributed by atoms with van der Waals surface area (Å²) in [6.07, 6.45) is -1.52. The number of rotatable bonds is 4. The molecule has 0 saturated carbocycles. The molecule has 5 nitrogen and oxygen atoms in total. The molecule has 0 spiro atoms. The predicted octanol–water partition coefficient (Wildman–Crippen LogP) is 3.84. The molecule has 0 bridgehead atoms. The van der Waals surface area contributed by atoms with E-state index in [0.29, 0.717) is 22.8 Å². The molecule has 3 aromatic rings. The molecule has 0 atom stereocenters. The molecule has 0 aliphatic carbocycles. The number of halogens is 3. The Kier molecular flexibility index (Phi) is 4.11. The van der Waals surface area contributed by atoms with E-state index in [-0.39, 0.29) is 5.75 Å². The average molecular weight is 335 g/mol. The van der Waals surface area contributed by atoms with Gasteiger partial charge in [-0.15, -0.1) is 13.2 Å². The van der Waals surface area contributed by atoms with Gasteiger partial charge >= 0.3 is 6.36 Å². The monoisotopic (exact) mass is 335 g/mol. The smallest absolute Gasteiger partial charge is 0.481 e. The van der Waals surface area contributed by atoms with E-state index in [1.54, 1.807) is 35.3 Å². The van der Waals surface area contributed by atoms with Gasteiger partial charge in [-0.3, -0.25) is 0 Å². The Balaban J connectivity index is 1.89. The Morgan fingerprint density at radius 1 is 1.00 bits per heavy atom. The maximum absolute atomic E-state index is 12.2. The van der Waals surface area contributed by atoms with Crippen molar-refractivity contribution in [2.24, 2.45) is 0 Å². The summed E-state index contributed by atoms with van der Waals surface area (Å²) in [7, 11) is 1.52. The van der Waals surface area contributed by atoms with E-state index in [2.05, 4.69) is 14.8 Å². The summed E-state index contributed by atoms with van der Waals surface area (Å²) < 4.78 is 47.1. The van der Waals surface area contributed by atoms with Crippen molar-refractivity contribution in [2.75, 3.05) is 7.11 Å². The zero-order valence-electron chi connectivity index (χ0n) is 12.5. The Labute approximate surface area is 135 Å². The average Bonchev–Trinajstić information content (AvgIpc) is 3.04. The molecule has 0 amide bonds. The molecule has 0 aliphatic rings. The van der Waals surface area contributed by atoms with Gasteiger partial charge in [-0.25, -0.2) is 9.67 Å². The molecule has 124 valence electrons. The van der Waals surface area contributed by atoms with Crippen molar-refractivity contribution in [3.8, 4) is 28.6 Å². The minimum atomic E-state index is -4.71. The SMILES string of the molecule is COc1ccc(-n2nccc2-c2ccc(OC(F)(F)F)cc2)cn1. The quantitative estimate of drug-likeness (QED) is 0.727. The fraction of sp³-hybridized carbons (Fsp3) is 0.125. The summed E-state index contributed by atoms with van der Waals surface area (Å²) in [6.45, 7) is 0. The van der Waals surface area contributed by atoms with Crippen LogP contribution >= 0.6 is 0 Å². The summed E-state index contributed by atoms with van der Waals surface area (Å²) in [5.41, 5.74) is 2.10. The van der Waals surface area contributed by atoms with E-state index in [0.717, 1.165) is 0 Å². The second kappa shape index (κ2) is 6.23. The molecule has 0 saturated heterocycles. The molecule has 8 heteroatoms. The zero-order chi connectivity index (χ0) is 17.2. The molecule has 0 fully saturated rings. The van der Waals surface area contributed by atoms with Crippen molar-refractivity contribution in [3.63, 3.8) is 0 Å². The number of nitrogens with zero attached hydrogens (tertiary/aromatic N) is 3. The third-order valence-electron chi connectivity index (χ3n) is 3.20. The van der Waals surface area contributed by atoms with Crippen LogP contribution < -0.4 is 9.47 Å². The number of benzene rings is 1. The van der Waals surface area contributed by atoms with Crippen molar-refractivity contribution in [1.29, 1.82) is 0 Å². The summed E-state index contributed by atoms with van der Waals surface area (Å²) in [6, 6.07) is 10.8. The first-order valence-electron chi connectivity index (χ1n) is 6.87. The van der Waals surface area contributed by atoms with Gasteiger partial charge in [0.2, 0.25) is 5.88 Å². The maximum atomic E-state index is 12.2. The largest absolute Gasteiger partial charge is 0.573 e. The van der Waals surface area contributed by atoms with Crippen LogP contribution in [0.1, 0.15) is 0 Å². The molecule has 0 radical (unpaired) electrons. The van der Waals surface area contributed by atoms with E-state index in [1.165, 1.54) is 31.4 Å². The van der Waals surface area contributed by atoms with Gasteiger partial charge in [-0.1, -0.05) is 0 Å². The third kappa shape index (κ3) is 3.48. The van der Waals surface area contributed by atoms with Crippen LogP contribution in [0.2, 0.25) is 0 Å². The normalized spacial score (nSPS) is 11.3. The van der Waals surface area contributed by atoms with Crippen LogP contribution in [-0.4, -0.2) is 28.2 Å². The van der Waals surface area contributed by atoms with Gasteiger partial charge in [0.25, 0.3) is 0 Å². The Hall–Kier alpha value is -3.03. The van der Waals surface area contributed by atoms with Crippen LogP contribution in [0.15, 0.2) is 54.9 Å². The highest BCUT2D eigenvalue weighted by Crippen LogP contribution is 2.27. The van der Waals surface area contributed by atoms with Crippen LogP contribution in [0, 0.1) is 0 Å². The highest BCUT2D eigenvalue weighted by Gasteiger charge is 2.31. The van der Waals surface area contributed by atoms with E-state index in [4.69, 9.17) is 4.74 Å². The molecule has 0 N–H and O–H groups in total. The first-order chi connectivity index (χ1) is 11.5. The number of hydrogen-bond donors (Lipinski definition) is 0. The minimum Gasteiger partial charge on any atom is -0.481 e. The lowest BCUT2D eigenvalue weighted by Crippen LogP contribution is -2.16. The van der Waals surface area contributed by atoms with Gasteiger partial charge in [0, 0.05) is 11.6 Å². The molecule has 3 rings (SSSR count). The summed E-state index contributed by atoms with van der Waals surface area (Å²) in [5.74, 6) is 0.199. The van der Waals surface area contributed by atoms with Crippen LogP contribution in [0.25, 0.3) is 16.9 Å². The highest BCUT2D eigenvalue weighted by molar-refractivity contribution is 5.62. The number of alkyl halides is 3. The third-order valence-corrected chi connectivity index (χ3v) is 3.20. The van der Waals surface area contributed by atoms with Crippen molar-refractivity contribution in [2.45, 2.75) is 6.36 Å². The van der Waals surface area contributed by atoms with Crippen molar-refractivity contribution in [1.82, 2.24) is 14.8 Å². The number of aromatic nitrogens is 3. The maximum Gasteiger partial charge on any atom is 0.573 e. The predicted molar refractivity (Wildman–Crippen MR) is 80.0 cm³/mol. The number of methoxy groups -OCH3 is 1.